The summed E-state index contributed by atoms with van der Waals surface area (Å²) in [6.45, 7) is 10.3. The van der Waals surface area contributed by atoms with E-state index in [0.717, 1.165) is 12.8 Å². The van der Waals surface area contributed by atoms with E-state index < -0.39 is 9.04 Å². The first-order chi connectivity index (χ1) is 6.95. The van der Waals surface area contributed by atoms with Crippen LogP contribution in [0.15, 0.2) is 0 Å². The van der Waals surface area contributed by atoms with Crippen molar-refractivity contribution in [3.8, 4) is 0 Å². The molecule has 4 heteroatoms. The largest absolute Gasteiger partial charge is 0.437 e. The Morgan fingerprint density at radius 2 is 1.93 bits per heavy atom. The SMILES string of the molecule is CCCC(=O)OC(CC(C)C)O[SiH](C)C. The van der Waals surface area contributed by atoms with Crippen LogP contribution in [0.1, 0.15) is 40.0 Å². The van der Waals surface area contributed by atoms with E-state index in [-0.39, 0.29) is 12.3 Å². The lowest BCUT2D eigenvalue weighted by Crippen LogP contribution is -2.27. The van der Waals surface area contributed by atoms with Gasteiger partial charge in [-0.25, -0.2) is 0 Å². The molecule has 0 radical (unpaired) electrons. The zero-order valence-corrected chi connectivity index (χ0v) is 11.7. The molecule has 0 saturated carbocycles. The predicted molar refractivity (Wildman–Crippen MR) is 64.2 cm³/mol. The van der Waals surface area contributed by atoms with Crippen LogP contribution in [0.4, 0.5) is 0 Å². The summed E-state index contributed by atoms with van der Waals surface area (Å²) in [4.78, 5) is 11.3. The van der Waals surface area contributed by atoms with Gasteiger partial charge in [0.05, 0.1) is 0 Å². The molecule has 1 unspecified atom stereocenters. The first kappa shape index (κ1) is 14.6. The van der Waals surface area contributed by atoms with Crippen LogP contribution in [-0.2, 0) is 14.0 Å². The van der Waals surface area contributed by atoms with Crippen LogP contribution in [0.3, 0.4) is 0 Å². The van der Waals surface area contributed by atoms with Gasteiger partial charge in [-0.3, -0.25) is 4.79 Å². The summed E-state index contributed by atoms with van der Waals surface area (Å²) in [6, 6.07) is 0. The van der Waals surface area contributed by atoms with Crippen molar-refractivity contribution in [2.45, 2.75) is 59.4 Å². The highest BCUT2D eigenvalue weighted by molar-refractivity contribution is 6.48. The molecule has 0 aromatic heterocycles. The average Bonchev–Trinajstić information content (AvgIpc) is 2.00. The van der Waals surface area contributed by atoms with Crippen molar-refractivity contribution in [3.63, 3.8) is 0 Å². The Balaban J connectivity index is 4.05. The van der Waals surface area contributed by atoms with Crippen molar-refractivity contribution in [2.24, 2.45) is 5.92 Å². The summed E-state index contributed by atoms with van der Waals surface area (Å²) < 4.78 is 11.0. The van der Waals surface area contributed by atoms with E-state index in [2.05, 4.69) is 26.9 Å². The second-order valence-electron chi connectivity index (χ2n) is 4.48. The standard InChI is InChI=1S/C11H24O3Si/c1-6-7-10(12)13-11(8-9(2)3)14-15(4)5/h9,11,15H,6-8H2,1-5H3. The molecule has 0 spiro atoms. The average molecular weight is 232 g/mol. The van der Waals surface area contributed by atoms with Gasteiger partial charge in [-0.15, -0.1) is 0 Å². The van der Waals surface area contributed by atoms with Gasteiger partial charge < -0.3 is 9.16 Å². The molecular weight excluding hydrogens is 208 g/mol. The molecule has 1 atom stereocenters. The lowest BCUT2D eigenvalue weighted by atomic mass is 10.1. The fourth-order valence-corrected chi connectivity index (χ4v) is 2.00. The van der Waals surface area contributed by atoms with Crippen molar-refractivity contribution < 1.29 is 14.0 Å². The van der Waals surface area contributed by atoms with Gasteiger partial charge in [0, 0.05) is 12.8 Å². The minimum absolute atomic E-state index is 0.141. The zero-order valence-electron chi connectivity index (χ0n) is 10.6. The van der Waals surface area contributed by atoms with Gasteiger partial charge in [0.15, 0.2) is 15.3 Å². The Morgan fingerprint density at radius 1 is 1.33 bits per heavy atom. The lowest BCUT2D eigenvalue weighted by Gasteiger charge is -2.22. The predicted octanol–water partition coefficient (Wildman–Crippen LogP) is 2.70. The second-order valence-corrected chi connectivity index (χ2v) is 6.85. The van der Waals surface area contributed by atoms with Crippen molar-refractivity contribution >= 4 is 15.0 Å². The Hall–Kier alpha value is -0.353. The normalized spacial score (nSPS) is 13.3. The van der Waals surface area contributed by atoms with Crippen LogP contribution in [0, 0.1) is 5.92 Å². The van der Waals surface area contributed by atoms with E-state index in [1.165, 1.54) is 0 Å². The third kappa shape index (κ3) is 8.63. The molecule has 0 heterocycles. The monoisotopic (exact) mass is 232 g/mol. The fourth-order valence-electron chi connectivity index (χ4n) is 1.23. The Morgan fingerprint density at radius 3 is 2.33 bits per heavy atom. The summed E-state index contributed by atoms with van der Waals surface area (Å²) in [5.41, 5.74) is 0. The summed E-state index contributed by atoms with van der Waals surface area (Å²) in [5, 5.41) is 0. The molecular formula is C11H24O3Si. The highest BCUT2D eigenvalue weighted by Gasteiger charge is 2.17. The number of rotatable bonds is 7. The fraction of sp³-hybridized carbons (Fsp3) is 0.909. The first-order valence-electron chi connectivity index (χ1n) is 5.80. The molecule has 0 amide bonds. The third-order valence-corrected chi connectivity index (χ3v) is 2.65. The Bertz CT molecular complexity index is 171. The molecule has 0 rings (SSSR count). The maximum Gasteiger partial charge on any atom is 0.308 e. The summed E-state index contributed by atoms with van der Waals surface area (Å²) in [7, 11) is -1.14. The van der Waals surface area contributed by atoms with E-state index in [1.807, 2.05) is 6.92 Å². The summed E-state index contributed by atoms with van der Waals surface area (Å²) >= 11 is 0. The van der Waals surface area contributed by atoms with Crippen LogP contribution in [-0.4, -0.2) is 21.3 Å². The van der Waals surface area contributed by atoms with Crippen molar-refractivity contribution in [3.05, 3.63) is 0 Å². The number of hydrogen-bond acceptors (Lipinski definition) is 3. The third-order valence-electron chi connectivity index (χ3n) is 1.80. The van der Waals surface area contributed by atoms with E-state index in [0.29, 0.717) is 12.3 Å². The van der Waals surface area contributed by atoms with Crippen LogP contribution >= 0.6 is 0 Å². The molecule has 15 heavy (non-hydrogen) atoms. The smallest absolute Gasteiger partial charge is 0.308 e. The maximum absolute atomic E-state index is 11.3. The molecule has 0 N–H and O–H groups in total. The molecule has 0 saturated heterocycles. The number of ether oxygens (including phenoxy) is 1. The molecule has 0 aromatic rings. The first-order valence-corrected chi connectivity index (χ1v) is 8.58. The quantitative estimate of drug-likeness (QED) is 0.384. The van der Waals surface area contributed by atoms with Gasteiger partial charge >= 0.3 is 5.97 Å². The van der Waals surface area contributed by atoms with E-state index in [9.17, 15) is 4.79 Å². The molecule has 0 aliphatic heterocycles. The van der Waals surface area contributed by atoms with Gasteiger partial charge in [0.2, 0.25) is 0 Å². The summed E-state index contributed by atoms with van der Waals surface area (Å²) in [5.74, 6) is 0.343. The van der Waals surface area contributed by atoms with Crippen molar-refractivity contribution in [2.75, 3.05) is 0 Å². The Kier molecular flexibility index (Phi) is 7.69. The van der Waals surface area contributed by atoms with Crippen LogP contribution in [0.2, 0.25) is 13.1 Å². The number of esters is 1. The van der Waals surface area contributed by atoms with E-state index >= 15 is 0 Å². The second kappa shape index (κ2) is 7.88. The highest BCUT2D eigenvalue weighted by atomic mass is 28.3. The number of carbonyl (C=O) groups excluding carboxylic acids is 1. The minimum Gasteiger partial charge on any atom is -0.437 e. The molecule has 0 aliphatic carbocycles. The zero-order chi connectivity index (χ0) is 11.8. The topological polar surface area (TPSA) is 35.5 Å². The van der Waals surface area contributed by atoms with Gasteiger partial charge in [-0.1, -0.05) is 20.8 Å². The molecule has 90 valence electrons. The van der Waals surface area contributed by atoms with E-state index in [1.54, 1.807) is 0 Å². The molecule has 0 aliphatic rings. The molecule has 0 aromatic carbocycles. The number of carbonyl (C=O) groups is 1. The van der Waals surface area contributed by atoms with Gasteiger partial charge in [-0.05, 0) is 25.4 Å². The molecule has 3 nitrogen and oxygen atoms in total. The van der Waals surface area contributed by atoms with E-state index in [4.69, 9.17) is 9.16 Å². The highest BCUT2D eigenvalue weighted by Crippen LogP contribution is 2.12. The lowest BCUT2D eigenvalue weighted by molar-refractivity contribution is -0.166. The molecule has 0 fully saturated rings. The Labute approximate surface area is 94.9 Å². The van der Waals surface area contributed by atoms with Crippen molar-refractivity contribution in [1.29, 1.82) is 0 Å². The summed E-state index contributed by atoms with van der Waals surface area (Å²) in [6.07, 6.45) is 1.78. The van der Waals surface area contributed by atoms with Crippen LogP contribution in [0.5, 0.6) is 0 Å². The molecule has 0 bridgehead atoms. The van der Waals surface area contributed by atoms with Gasteiger partial charge in [0.25, 0.3) is 0 Å². The van der Waals surface area contributed by atoms with Crippen LogP contribution < -0.4 is 0 Å². The maximum atomic E-state index is 11.3. The minimum atomic E-state index is -1.14. The van der Waals surface area contributed by atoms with Crippen molar-refractivity contribution in [1.82, 2.24) is 0 Å². The van der Waals surface area contributed by atoms with Crippen LogP contribution in [0.25, 0.3) is 0 Å². The number of hydrogen-bond donors (Lipinski definition) is 0. The van der Waals surface area contributed by atoms with Gasteiger partial charge in [-0.2, -0.15) is 0 Å². The van der Waals surface area contributed by atoms with Gasteiger partial charge in [0.1, 0.15) is 0 Å².